The smallest absolute Gasteiger partial charge is 0.269 e. The van der Waals surface area contributed by atoms with Crippen LogP contribution in [0, 0.1) is 0 Å². The van der Waals surface area contributed by atoms with E-state index in [-0.39, 0.29) is 16.0 Å². The molecule has 0 fully saturated rings. The summed E-state index contributed by atoms with van der Waals surface area (Å²) in [6.07, 6.45) is 0.466. The van der Waals surface area contributed by atoms with Crippen LogP contribution >= 0.6 is 11.3 Å². The number of rotatable bonds is 5. The second kappa shape index (κ2) is 5.39. The van der Waals surface area contributed by atoms with Crippen LogP contribution in [0.4, 0.5) is 0 Å². The van der Waals surface area contributed by atoms with Gasteiger partial charge in [-0.3, -0.25) is 14.1 Å². The molecular formula is C9H11NO5S2. The van der Waals surface area contributed by atoms with Crippen molar-refractivity contribution in [2.75, 3.05) is 6.54 Å². The molecule has 0 unspecified atom stereocenters. The molecule has 1 aromatic heterocycles. The van der Waals surface area contributed by atoms with Gasteiger partial charge in [0.05, 0.1) is 10.4 Å². The van der Waals surface area contributed by atoms with Crippen molar-refractivity contribution in [2.45, 2.75) is 12.7 Å². The van der Waals surface area contributed by atoms with Gasteiger partial charge in [-0.05, 0) is 6.92 Å². The third kappa shape index (κ3) is 3.62. The molecule has 0 bridgehead atoms. The summed E-state index contributed by atoms with van der Waals surface area (Å²) in [6.45, 7) is 2.10. The van der Waals surface area contributed by atoms with Crippen LogP contribution in [0.25, 0.3) is 0 Å². The molecular weight excluding hydrogens is 266 g/mol. The highest BCUT2D eigenvalue weighted by molar-refractivity contribution is 7.85. The number of hydrogen-bond donors (Lipinski definition) is 2. The molecule has 0 saturated heterocycles. The van der Waals surface area contributed by atoms with Crippen LogP contribution in [0.2, 0.25) is 0 Å². The molecule has 0 aliphatic rings. The van der Waals surface area contributed by atoms with Gasteiger partial charge in [-0.1, -0.05) is 0 Å². The van der Waals surface area contributed by atoms with Crippen LogP contribution < -0.4 is 5.32 Å². The molecule has 1 heterocycles. The Labute approximate surface area is 102 Å². The maximum Gasteiger partial charge on any atom is 0.269 e. The Morgan fingerprint density at radius 1 is 1.59 bits per heavy atom. The highest BCUT2D eigenvalue weighted by Gasteiger charge is 2.21. The lowest BCUT2D eigenvalue weighted by Gasteiger charge is -2.03. The first-order valence-electron chi connectivity index (χ1n) is 4.68. The van der Waals surface area contributed by atoms with E-state index in [1.807, 2.05) is 0 Å². The van der Waals surface area contributed by atoms with E-state index in [0.717, 1.165) is 11.3 Å². The number of carbonyl (C=O) groups excluding carboxylic acids is 2. The molecule has 0 aliphatic carbocycles. The van der Waals surface area contributed by atoms with Gasteiger partial charge in [0.25, 0.3) is 16.0 Å². The quantitative estimate of drug-likeness (QED) is 0.609. The Balaban J connectivity index is 3.19. The van der Waals surface area contributed by atoms with Crippen LogP contribution in [-0.4, -0.2) is 31.7 Å². The fraction of sp³-hybridized carbons (Fsp3) is 0.333. The second-order valence-corrected chi connectivity index (χ2v) is 5.56. The van der Waals surface area contributed by atoms with E-state index in [2.05, 4.69) is 5.32 Å². The summed E-state index contributed by atoms with van der Waals surface area (Å²) in [7, 11) is -4.28. The van der Waals surface area contributed by atoms with Crippen molar-refractivity contribution < 1.29 is 22.6 Å². The van der Waals surface area contributed by atoms with Gasteiger partial charge in [0, 0.05) is 17.5 Å². The molecule has 17 heavy (non-hydrogen) atoms. The minimum atomic E-state index is -4.28. The Morgan fingerprint density at radius 2 is 2.24 bits per heavy atom. The van der Waals surface area contributed by atoms with E-state index in [1.54, 1.807) is 6.92 Å². The summed E-state index contributed by atoms with van der Waals surface area (Å²) < 4.78 is 30.4. The molecule has 2 N–H and O–H groups in total. The Kier molecular flexibility index (Phi) is 4.38. The average molecular weight is 277 g/mol. The predicted octanol–water partition coefficient (Wildman–Crippen LogP) is 0.698. The lowest BCUT2D eigenvalue weighted by molar-refractivity contribution is 0.0955. The van der Waals surface area contributed by atoms with Gasteiger partial charge in [0.2, 0.25) is 0 Å². The van der Waals surface area contributed by atoms with Gasteiger partial charge >= 0.3 is 0 Å². The van der Waals surface area contributed by atoms with Crippen molar-refractivity contribution in [3.05, 3.63) is 21.4 Å². The number of hydrogen-bond acceptors (Lipinski definition) is 5. The Bertz CT molecular complexity index is 532. The monoisotopic (exact) mass is 277 g/mol. The van der Waals surface area contributed by atoms with E-state index in [1.165, 1.54) is 5.38 Å². The van der Waals surface area contributed by atoms with E-state index >= 15 is 0 Å². The standard InChI is InChI=1S/C9H11NO5S2/c1-2-10-9(12)6-4-16-8(3-11)7(6)5-17(13,14)15/h3-4H,2,5H2,1H3,(H,10,12)(H,13,14,15). The number of thiophene rings is 1. The molecule has 1 aromatic rings. The largest absolute Gasteiger partial charge is 0.352 e. The van der Waals surface area contributed by atoms with Crippen molar-refractivity contribution in [3.63, 3.8) is 0 Å². The highest BCUT2D eigenvalue weighted by atomic mass is 32.2. The molecule has 6 nitrogen and oxygen atoms in total. The van der Waals surface area contributed by atoms with Crippen LogP contribution in [0.3, 0.4) is 0 Å². The zero-order chi connectivity index (χ0) is 13.1. The zero-order valence-electron chi connectivity index (χ0n) is 8.97. The first-order valence-corrected chi connectivity index (χ1v) is 7.16. The van der Waals surface area contributed by atoms with Crippen molar-refractivity contribution in [1.82, 2.24) is 5.32 Å². The molecule has 8 heteroatoms. The van der Waals surface area contributed by atoms with E-state index in [4.69, 9.17) is 4.55 Å². The summed E-state index contributed by atoms with van der Waals surface area (Å²) in [5.74, 6) is -1.20. The lowest BCUT2D eigenvalue weighted by atomic mass is 10.1. The summed E-state index contributed by atoms with van der Waals surface area (Å²) in [5.41, 5.74) is 0.148. The number of carbonyl (C=O) groups is 2. The molecule has 0 aromatic carbocycles. The van der Waals surface area contributed by atoms with E-state index in [9.17, 15) is 18.0 Å². The summed E-state index contributed by atoms with van der Waals surface area (Å²) in [6, 6.07) is 0. The normalized spacial score (nSPS) is 11.2. The summed E-state index contributed by atoms with van der Waals surface area (Å²) >= 11 is 0.967. The number of aldehydes is 1. The third-order valence-corrected chi connectivity index (χ3v) is 3.55. The van der Waals surface area contributed by atoms with Crippen LogP contribution in [-0.2, 0) is 15.9 Å². The maximum atomic E-state index is 11.6. The molecule has 0 atom stereocenters. The van der Waals surface area contributed by atoms with Crippen molar-refractivity contribution >= 4 is 33.6 Å². The fourth-order valence-corrected chi connectivity index (χ4v) is 2.92. The van der Waals surface area contributed by atoms with Crippen molar-refractivity contribution in [3.8, 4) is 0 Å². The fourth-order valence-electron chi connectivity index (χ4n) is 1.27. The Hall–Kier alpha value is -1.25. The lowest BCUT2D eigenvalue weighted by Crippen LogP contribution is -2.23. The van der Waals surface area contributed by atoms with Gasteiger partial charge in [-0.15, -0.1) is 11.3 Å². The van der Waals surface area contributed by atoms with Gasteiger partial charge in [-0.25, -0.2) is 0 Å². The average Bonchev–Trinajstić information content (AvgIpc) is 2.58. The maximum absolute atomic E-state index is 11.6. The van der Waals surface area contributed by atoms with Gasteiger partial charge in [-0.2, -0.15) is 8.42 Å². The van der Waals surface area contributed by atoms with Gasteiger partial charge in [0.15, 0.2) is 6.29 Å². The molecule has 0 radical (unpaired) electrons. The number of nitrogens with one attached hydrogen (secondary N) is 1. The molecule has 0 spiro atoms. The minimum Gasteiger partial charge on any atom is -0.352 e. The SMILES string of the molecule is CCNC(=O)c1csc(C=O)c1CS(=O)(=O)O. The Morgan fingerprint density at radius 3 is 2.71 bits per heavy atom. The molecule has 0 aliphatic heterocycles. The predicted molar refractivity (Wildman–Crippen MR) is 63.0 cm³/mol. The van der Waals surface area contributed by atoms with E-state index in [0.29, 0.717) is 12.8 Å². The molecule has 1 amide bonds. The van der Waals surface area contributed by atoms with Gasteiger partial charge < -0.3 is 5.32 Å². The first-order chi connectivity index (χ1) is 7.89. The third-order valence-electron chi connectivity index (χ3n) is 1.94. The van der Waals surface area contributed by atoms with Crippen LogP contribution in [0.15, 0.2) is 5.38 Å². The highest BCUT2D eigenvalue weighted by Crippen LogP contribution is 2.23. The number of amides is 1. The van der Waals surface area contributed by atoms with Crippen LogP contribution in [0.5, 0.6) is 0 Å². The summed E-state index contributed by atoms with van der Waals surface area (Å²) in [4.78, 5) is 22.4. The van der Waals surface area contributed by atoms with Crippen LogP contribution in [0.1, 0.15) is 32.5 Å². The molecule has 0 saturated carbocycles. The topological polar surface area (TPSA) is 101 Å². The van der Waals surface area contributed by atoms with Gasteiger partial charge in [0.1, 0.15) is 5.75 Å². The van der Waals surface area contributed by atoms with Crippen molar-refractivity contribution in [2.24, 2.45) is 0 Å². The minimum absolute atomic E-state index is 0.0402. The molecule has 1 rings (SSSR count). The van der Waals surface area contributed by atoms with E-state index < -0.39 is 21.8 Å². The first kappa shape index (κ1) is 13.8. The molecule has 94 valence electrons. The van der Waals surface area contributed by atoms with Crippen molar-refractivity contribution in [1.29, 1.82) is 0 Å². The summed E-state index contributed by atoms with van der Waals surface area (Å²) in [5, 5.41) is 3.90. The zero-order valence-corrected chi connectivity index (χ0v) is 10.6. The second-order valence-electron chi connectivity index (χ2n) is 3.20.